The van der Waals surface area contributed by atoms with Crippen molar-refractivity contribution in [2.75, 3.05) is 31.6 Å². The first-order chi connectivity index (χ1) is 12.4. The van der Waals surface area contributed by atoms with Crippen molar-refractivity contribution in [2.45, 2.75) is 25.4 Å². The molecule has 1 aliphatic heterocycles. The number of hydrogen-bond acceptors (Lipinski definition) is 5. The minimum atomic E-state index is -0.951. The summed E-state index contributed by atoms with van der Waals surface area (Å²) in [6.45, 7) is 3.64. The summed E-state index contributed by atoms with van der Waals surface area (Å²) in [5.74, 6) is 1.16. The summed E-state index contributed by atoms with van der Waals surface area (Å²) >= 11 is 0. The predicted molar refractivity (Wildman–Crippen MR) is 99.1 cm³/mol. The Kier molecular flexibility index (Phi) is 5.58. The number of benzene rings is 1. The molecule has 1 saturated heterocycles. The van der Waals surface area contributed by atoms with Crippen molar-refractivity contribution < 1.29 is 14.6 Å². The zero-order valence-electron chi connectivity index (χ0n) is 15.3. The van der Waals surface area contributed by atoms with Gasteiger partial charge < -0.3 is 15.2 Å². The van der Waals surface area contributed by atoms with Crippen LogP contribution >= 0.6 is 0 Å². The second-order valence-electron chi connectivity index (χ2n) is 7.07. The number of aromatic nitrogens is 2. The molecule has 0 aliphatic carbocycles. The van der Waals surface area contributed by atoms with Gasteiger partial charge in [-0.3, -0.25) is 14.4 Å². The number of carbonyl (C=O) groups is 1. The maximum Gasteiger partial charge on any atom is 0.239 e. The van der Waals surface area contributed by atoms with E-state index in [0.717, 1.165) is 24.3 Å². The fourth-order valence-corrected chi connectivity index (χ4v) is 3.25. The normalized spacial score (nSPS) is 20.7. The van der Waals surface area contributed by atoms with E-state index in [1.54, 1.807) is 24.0 Å². The number of carbonyl (C=O) groups excluding carboxylic acids is 1. The van der Waals surface area contributed by atoms with Crippen LogP contribution in [-0.4, -0.2) is 57.5 Å². The molecule has 1 aromatic carbocycles. The van der Waals surface area contributed by atoms with Crippen molar-refractivity contribution in [2.24, 2.45) is 7.05 Å². The van der Waals surface area contributed by atoms with E-state index in [1.807, 2.05) is 36.1 Å². The molecule has 2 heterocycles. The maximum absolute atomic E-state index is 12.2. The zero-order chi connectivity index (χ0) is 18.6. The second kappa shape index (κ2) is 7.88. The largest absolute Gasteiger partial charge is 0.491 e. The van der Waals surface area contributed by atoms with Gasteiger partial charge in [0.15, 0.2) is 5.82 Å². The Bertz CT molecular complexity index is 761. The third-order valence-corrected chi connectivity index (χ3v) is 4.48. The van der Waals surface area contributed by atoms with Gasteiger partial charge in [-0.25, -0.2) is 0 Å². The number of nitrogens with zero attached hydrogens (tertiary/aromatic N) is 3. The van der Waals surface area contributed by atoms with Crippen LogP contribution in [0.5, 0.6) is 5.75 Å². The second-order valence-corrected chi connectivity index (χ2v) is 7.07. The van der Waals surface area contributed by atoms with E-state index < -0.39 is 5.60 Å². The molecule has 0 spiro atoms. The number of aliphatic hydroxyl groups is 1. The molecule has 2 aromatic rings. The van der Waals surface area contributed by atoms with Crippen LogP contribution in [0.2, 0.25) is 0 Å². The van der Waals surface area contributed by atoms with Crippen LogP contribution in [0.1, 0.15) is 18.4 Å². The zero-order valence-corrected chi connectivity index (χ0v) is 15.3. The Morgan fingerprint density at radius 1 is 1.42 bits per heavy atom. The number of amides is 1. The van der Waals surface area contributed by atoms with Gasteiger partial charge in [0.2, 0.25) is 5.91 Å². The van der Waals surface area contributed by atoms with Crippen LogP contribution in [-0.2, 0) is 11.8 Å². The van der Waals surface area contributed by atoms with Gasteiger partial charge in [-0.05, 0) is 44.0 Å². The molecule has 0 radical (unpaired) electrons. The van der Waals surface area contributed by atoms with Gasteiger partial charge in [-0.2, -0.15) is 5.10 Å². The number of ether oxygens (including phenoxy) is 1. The Labute approximate surface area is 153 Å². The predicted octanol–water partition coefficient (Wildman–Crippen LogP) is 1.57. The third kappa shape index (κ3) is 5.06. The summed E-state index contributed by atoms with van der Waals surface area (Å²) < 4.78 is 7.43. The number of nitrogens with one attached hydrogen (secondary N) is 1. The van der Waals surface area contributed by atoms with Crippen LogP contribution in [0.25, 0.3) is 0 Å². The molecule has 1 aliphatic rings. The van der Waals surface area contributed by atoms with E-state index in [4.69, 9.17) is 4.74 Å². The third-order valence-electron chi connectivity index (χ3n) is 4.48. The Balaban J connectivity index is 1.51. The lowest BCUT2D eigenvalue weighted by atomic mass is 9.93. The summed E-state index contributed by atoms with van der Waals surface area (Å²) in [4.78, 5) is 14.2. The summed E-state index contributed by atoms with van der Waals surface area (Å²) in [6.07, 6.45) is 3.26. The van der Waals surface area contributed by atoms with Gasteiger partial charge in [0.25, 0.3) is 0 Å². The van der Waals surface area contributed by atoms with Gasteiger partial charge >= 0.3 is 0 Å². The molecule has 7 heteroatoms. The minimum Gasteiger partial charge on any atom is -0.491 e. The summed E-state index contributed by atoms with van der Waals surface area (Å²) in [5.41, 5.74) is 0.166. The highest BCUT2D eigenvalue weighted by Gasteiger charge is 2.34. The number of hydrogen-bond donors (Lipinski definition) is 2. The summed E-state index contributed by atoms with van der Waals surface area (Å²) in [7, 11) is 1.80. The van der Waals surface area contributed by atoms with Crippen LogP contribution in [0.4, 0.5) is 5.82 Å². The maximum atomic E-state index is 12.2. The fourth-order valence-electron chi connectivity index (χ4n) is 3.25. The number of anilines is 1. The quantitative estimate of drug-likeness (QED) is 0.819. The topological polar surface area (TPSA) is 79.6 Å². The highest BCUT2D eigenvalue weighted by Crippen LogP contribution is 2.23. The summed E-state index contributed by atoms with van der Waals surface area (Å²) in [6, 6.07) is 9.52. The van der Waals surface area contributed by atoms with Gasteiger partial charge in [0, 0.05) is 25.9 Å². The lowest BCUT2D eigenvalue weighted by Gasteiger charge is -2.38. The smallest absolute Gasteiger partial charge is 0.239 e. The van der Waals surface area contributed by atoms with Gasteiger partial charge in [-0.1, -0.05) is 12.1 Å². The van der Waals surface area contributed by atoms with E-state index in [2.05, 4.69) is 10.4 Å². The number of likely N-dealkylation sites (tertiary alicyclic amines) is 1. The Hall–Kier alpha value is -2.38. The monoisotopic (exact) mass is 358 g/mol. The van der Waals surface area contributed by atoms with Crippen molar-refractivity contribution in [3.05, 3.63) is 42.1 Å². The minimum absolute atomic E-state index is 0.132. The van der Waals surface area contributed by atoms with Crippen molar-refractivity contribution >= 4 is 11.7 Å². The standard InChI is InChI=1S/C19H26N4O3/c1-15-5-3-6-16(11-15)26-14-19(25)8-4-9-23(13-19)12-18(24)20-17-7-10-22(2)21-17/h3,5-7,10-11,25H,4,8-9,12-14H2,1-2H3,(H,20,21,24)/t19-/m0/s1. The molecule has 140 valence electrons. The Morgan fingerprint density at radius 3 is 3.00 bits per heavy atom. The Morgan fingerprint density at radius 2 is 2.27 bits per heavy atom. The molecule has 1 fully saturated rings. The van der Waals surface area contributed by atoms with Crippen molar-refractivity contribution in [1.29, 1.82) is 0 Å². The lowest BCUT2D eigenvalue weighted by molar-refractivity contribution is -0.119. The van der Waals surface area contributed by atoms with E-state index in [1.165, 1.54) is 0 Å². The average Bonchev–Trinajstić information content (AvgIpc) is 2.98. The SMILES string of the molecule is Cc1cccc(OC[C@]2(O)CCCN(CC(=O)Nc3ccn(C)n3)C2)c1. The van der Waals surface area contributed by atoms with Gasteiger partial charge in [0.1, 0.15) is 18.0 Å². The molecule has 7 nitrogen and oxygen atoms in total. The molecule has 0 unspecified atom stereocenters. The molecular weight excluding hydrogens is 332 g/mol. The highest BCUT2D eigenvalue weighted by molar-refractivity contribution is 5.91. The average molecular weight is 358 g/mol. The molecule has 1 amide bonds. The van der Waals surface area contributed by atoms with Crippen LogP contribution in [0, 0.1) is 6.92 Å². The lowest BCUT2D eigenvalue weighted by Crippen LogP contribution is -2.53. The van der Waals surface area contributed by atoms with Gasteiger partial charge in [-0.15, -0.1) is 0 Å². The van der Waals surface area contributed by atoms with Crippen LogP contribution < -0.4 is 10.1 Å². The number of aryl methyl sites for hydroxylation is 2. The molecule has 26 heavy (non-hydrogen) atoms. The first kappa shape index (κ1) is 18.4. The summed E-state index contributed by atoms with van der Waals surface area (Å²) in [5, 5.41) is 17.8. The number of piperidine rings is 1. The highest BCUT2D eigenvalue weighted by atomic mass is 16.5. The molecular formula is C19H26N4O3. The van der Waals surface area contributed by atoms with E-state index in [-0.39, 0.29) is 19.1 Å². The number of rotatable bonds is 6. The molecule has 2 N–H and O–H groups in total. The fraction of sp³-hybridized carbons (Fsp3) is 0.474. The molecule has 1 aromatic heterocycles. The van der Waals surface area contributed by atoms with E-state index in [0.29, 0.717) is 18.8 Å². The molecule has 0 saturated carbocycles. The van der Waals surface area contributed by atoms with Gasteiger partial charge in [0.05, 0.1) is 6.54 Å². The van der Waals surface area contributed by atoms with E-state index in [9.17, 15) is 9.90 Å². The van der Waals surface area contributed by atoms with Crippen LogP contribution in [0.3, 0.4) is 0 Å². The molecule has 0 bridgehead atoms. The van der Waals surface area contributed by atoms with Crippen LogP contribution in [0.15, 0.2) is 36.5 Å². The van der Waals surface area contributed by atoms with E-state index >= 15 is 0 Å². The molecule has 3 rings (SSSR count). The first-order valence-corrected chi connectivity index (χ1v) is 8.86. The van der Waals surface area contributed by atoms with Crippen molar-refractivity contribution in [1.82, 2.24) is 14.7 Å². The van der Waals surface area contributed by atoms with Crippen molar-refractivity contribution in [3.8, 4) is 5.75 Å². The molecule has 1 atom stereocenters. The number of β-amino-alcohol motifs (C(OH)–C–C–N with tert-alkyl or cyclic N) is 1. The first-order valence-electron chi connectivity index (χ1n) is 8.86. The van der Waals surface area contributed by atoms with Crippen molar-refractivity contribution in [3.63, 3.8) is 0 Å².